The highest BCUT2D eigenvalue weighted by atomic mass is 19.1. The lowest BCUT2D eigenvalue weighted by atomic mass is 10.1. The first-order chi connectivity index (χ1) is 14.1. The fraction of sp³-hybridized carbons (Fsp3) is 0.364. The maximum absolute atomic E-state index is 13.0. The van der Waals surface area contributed by atoms with Crippen molar-refractivity contribution in [3.63, 3.8) is 0 Å². The Labute approximate surface area is 168 Å². The number of hydrogen-bond donors (Lipinski definition) is 0. The van der Waals surface area contributed by atoms with Gasteiger partial charge in [0, 0.05) is 31.7 Å². The predicted octanol–water partition coefficient (Wildman–Crippen LogP) is 2.17. The van der Waals surface area contributed by atoms with Gasteiger partial charge in [-0.2, -0.15) is 0 Å². The van der Waals surface area contributed by atoms with E-state index in [1.54, 1.807) is 35.2 Å². The van der Waals surface area contributed by atoms with Crippen LogP contribution in [0.3, 0.4) is 0 Å². The lowest BCUT2D eigenvalue weighted by Crippen LogP contribution is -2.50. The molecule has 7 heteroatoms. The summed E-state index contributed by atoms with van der Waals surface area (Å²) in [5, 5.41) is 0. The number of benzene rings is 2. The molecule has 1 saturated heterocycles. The Bertz CT molecular complexity index is 892. The predicted molar refractivity (Wildman–Crippen MR) is 105 cm³/mol. The smallest absolute Gasteiger partial charge is 0.227 e. The highest BCUT2D eigenvalue weighted by Gasteiger charge is 2.23. The van der Waals surface area contributed by atoms with Crippen molar-refractivity contribution in [2.75, 3.05) is 45.9 Å². The average molecular weight is 398 g/mol. The lowest BCUT2D eigenvalue weighted by molar-refractivity contribution is -0.132. The van der Waals surface area contributed by atoms with Crippen molar-refractivity contribution >= 4 is 11.7 Å². The molecule has 2 heterocycles. The Kier molecular flexibility index (Phi) is 5.76. The normalized spacial score (nSPS) is 16.5. The maximum Gasteiger partial charge on any atom is 0.227 e. The van der Waals surface area contributed by atoms with Crippen molar-refractivity contribution in [2.24, 2.45) is 0 Å². The maximum atomic E-state index is 13.0. The molecule has 0 atom stereocenters. The number of fused-ring (bicyclic) bond motifs is 1. The van der Waals surface area contributed by atoms with Crippen molar-refractivity contribution in [1.29, 1.82) is 0 Å². The van der Waals surface area contributed by atoms with Crippen molar-refractivity contribution in [1.82, 2.24) is 9.80 Å². The Morgan fingerprint density at radius 2 is 1.59 bits per heavy atom. The van der Waals surface area contributed by atoms with Gasteiger partial charge in [-0.25, -0.2) is 4.39 Å². The zero-order valence-electron chi connectivity index (χ0n) is 16.1. The molecule has 2 aromatic rings. The topological polar surface area (TPSA) is 59.1 Å². The third kappa shape index (κ3) is 4.74. The second-order valence-electron chi connectivity index (χ2n) is 7.24. The van der Waals surface area contributed by atoms with Crippen LogP contribution in [0, 0.1) is 5.82 Å². The van der Waals surface area contributed by atoms with E-state index in [0.29, 0.717) is 63.0 Å². The SMILES string of the molecule is O=C(CN1CCN(C(=O)Cc2ccc(F)cc2)CC1)c1ccc2c(c1)OCCO2. The van der Waals surface area contributed by atoms with Crippen LogP contribution >= 0.6 is 0 Å². The summed E-state index contributed by atoms with van der Waals surface area (Å²) in [6.45, 7) is 3.75. The van der Waals surface area contributed by atoms with Gasteiger partial charge in [-0.05, 0) is 35.9 Å². The molecule has 2 aliphatic rings. The minimum Gasteiger partial charge on any atom is -0.486 e. The number of amides is 1. The summed E-state index contributed by atoms with van der Waals surface area (Å²) in [4.78, 5) is 29.0. The van der Waals surface area contributed by atoms with Gasteiger partial charge in [-0.1, -0.05) is 12.1 Å². The number of ether oxygens (including phenoxy) is 2. The van der Waals surface area contributed by atoms with Crippen LogP contribution in [0.1, 0.15) is 15.9 Å². The second kappa shape index (κ2) is 8.61. The highest BCUT2D eigenvalue weighted by Crippen LogP contribution is 2.30. The molecule has 0 spiro atoms. The zero-order valence-corrected chi connectivity index (χ0v) is 16.1. The van der Waals surface area contributed by atoms with Crippen LogP contribution in [-0.4, -0.2) is 67.4 Å². The molecule has 6 nitrogen and oxygen atoms in total. The first kappa shape index (κ1) is 19.4. The molecule has 2 aromatic carbocycles. The summed E-state index contributed by atoms with van der Waals surface area (Å²) in [7, 11) is 0. The fourth-order valence-corrected chi connectivity index (χ4v) is 3.56. The standard InChI is InChI=1S/C22H23FN2O4/c23-18-4-1-16(2-5-18)13-22(27)25-9-7-24(8-10-25)15-19(26)17-3-6-20-21(14-17)29-12-11-28-20/h1-6,14H,7-13,15H2. The number of piperazine rings is 1. The molecule has 0 radical (unpaired) electrons. The van der Waals surface area contributed by atoms with Crippen molar-refractivity contribution in [3.05, 3.63) is 59.4 Å². The molecule has 1 amide bonds. The number of rotatable bonds is 5. The number of carbonyl (C=O) groups is 2. The quantitative estimate of drug-likeness (QED) is 0.723. The molecule has 0 aliphatic carbocycles. The molecule has 0 N–H and O–H groups in total. The van der Waals surface area contributed by atoms with E-state index in [0.717, 1.165) is 5.56 Å². The summed E-state index contributed by atoms with van der Waals surface area (Å²) < 4.78 is 24.0. The van der Waals surface area contributed by atoms with Gasteiger partial charge in [0.15, 0.2) is 17.3 Å². The third-order valence-electron chi connectivity index (χ3n) is 5.22. The van der Waals surface area contributed by atoms with Gasteiger partial charge in [-0.3, -0.25) is 14.5 Å². The van der Waals surface area contributed by atoms with E-state index in [1.165, 1.54) is 12.1 Å². The average Bonchev–Trinajstić information content (AvgIpc) is 2.75. The summed E-state index contributed by atoms with van der Waals surface area (Å²) >= 11 is 0. The van der Waals surface area contributed by atoms with Gasteiger partial charge in [0.1, 0.15) is 19.0 Å². The van der Waals surface area contributed by atoms with Crippen LogP contribution in [0.4, 0.5) is 4.39 Å². The van der Waals surface area contributed by atoms with E-state index in [1.807, 2.05) is 0 Å². The van der Waals surface area contributed by atoms with E-state index in [-0.39, 0.29) is 23.9 Å². The minimum atomic E-state index is -0.308. The first-order valence-electron chi connectivity index (χ1n) is 9.76. The molecule has 1 fully saturated rings. The molecular weight excluding hydrogens is 375 g/mol. The minimum absolute atomic E-state index is 0.0214. The van der Waals surface area contributed by atoms with Crippen molar-refractivity contribution in [2.45, 2.75) is 6.42 Å². The number of halogens is 1. The Hall–Kier alpha value is -2.93. The molecule has 0 bridgehead atoms. The van der Waals surface area contributed by atoms with Crippen LogP contribution < -0.4 is 9.47 Å². The Balaban J connectivity index is 1.27. The molecule has 152 valence electrons. The molecule has 0 aromatic heterocycles. The van der Waals surface area contributed by atoms with E-state index in [9.17, 15) is 14.0 Å². The molecular formula is C22H23FN2O4. The van der Waals surface area contributed by atoms with E-state index in [2.05, 4.69) is 4.90 Å². The van der Waals surface area contributed by atoms with E-state index >= 15 is 0 Å². The Morgan fingerprint density at radius 3 is 2.31 bits per heavy atom. The zero-order chi connectivity index (χ0) is 20.2. The van der Waals surface area contributed by atoms with E-state index in [4.69, 9.17) is 9.47 Å². The van der Waals surface area contributed by atoms with Gasteiger partial charge in [0.05, 0.1) is 13.0 Å². The molecule has 29 heavy (non-hydrogen) atoms. The summed E-state index contributed by atoms with van der Waals surface area (Å²) in [6, 6.07) is 11.3. The first-order valence-corrected chi connectivity index (χ1v) is 9.76. The molecule has 0 unspecified atom stereocenters. The number of Topliss-reactive ketones (excluding diaryl/α,β-unsaturated/α-hetero) is 1. The summed E-state index contributed by atoms with van der Waals surface area (Å²) in [5.74, 6) is 1.01. The van der Waals surface area contributed by atoms with Gasteiger partial charge in [-0.15, -0.1) is 0 Å². The largest absolute Gasteiger partial charge is 0.486 e. The van der Waals surface area contributed by atoms with Gasteiger partial charge < -0.3 is 14.4 Å². The number of ketones is 1. The van der Waals surface area contributed by atoms with Gasteiger partial charge in [0.25, 0.3) is 0 Å². The lowest BCUT2D eigenvalue weighted by Gasteiger charge is -2.34. The van der Waals surface area contributed by atoms with E-state index < -0.39 is 0 Å². The van der Waals surface area contributed by atoms with Gasteiger partial charge >= 0.3 is 0 Å². The molecule has 0 saturated carbocycles. The van der Waals surface area contributed by atoms with Crippen LogP contribution in [0.5, 0.6) is 11.5 Å². The number of carbonyl (C=O) groups excluding carboxylic acids is 2. The molecule has 4 rings (SSSR count). The van der Waals surface area contributed by atoms with Crippen LogP contribution in [0.25, 0.3) is 0 Å². The third-order valence-corrected chi connectivity index (χ3v) is 5.22. The van der Waals surface area contributed by atoms with Crippen LogP contribution in [0.15, 0.2) is 42.5 Å². The number of nitrogens with zero attached hydrogens (tertiary/aromatic N) is 2. The fourth-order valence-electron chi connectivity index (χ4n) is 3.56. The van der Waals surface area contributed by atoms with Crippen LogP contribution in [-0.2, 0) is 11.2 Å². The number of hydrogen-bond acceptors (Lipinski definition) is 5. The highest BCUT2D eigenvalue weighted by molar-refractivity contribution is 5.98. The summed E-state index contributed by atoms with van der Waals surface area (Å²) in [5.41, 5.74) is 1.40. The molecule has 2 aliphatic heterocycles. The van der Waals surface area contributed by atoms with Gasteiger partial charge in [0.2, 0.25) is 5.91 Å². The monoisotopic (exact) mass is 398 g/mol. The summed E-state index contributed by atoms with van der Waals surface area (Å²) in [6.07, 6.45) is 0.260. The second-order valence-corrected chi connectivity index (χ2v) is 7.24. The van der Waals surface area contributed by atoms with Crippen molar-refractivity contribution < 1.29 is 23.5 Å². The van der Waals surface area contributed by atoms with Crippen LogP contribution in [0.2, 0.25) is 0 Å². The van der Waals surface area contributed by atoms with Crippen molar-refractivity contribution in [3.8, 4) is 11.5 Å². The Morgan fingerprint density at radius 1 is 0.897 bits per heavy atom.